The van der Waals surface area contributed by atoms with Crippen molar-refractivity contribution in [2.45, 2.75) is 336 Å². The van der Waals surface area contributed by atoms with E-state index in [-0.39, 0.29) is 71.4 Å². The molecule has 590 valence electrons. The molecule has 0 unspecified atom stereocenters. The highest BCUT2D eigenvalue weighted by Gasteiger charge is 2.45. The predicted molar refractivity (Wildman–Crippen MR) is 462 cm³/mol. The molecule has 0 fully saturated rings. The van der Waals surface area contributed by atoms with E-state index >= 15 is 38.4 Å². The van der Waals surface area contributed by atoms with Crippen LogP contribution in [0.4, 0.5) is 0 Å². The molecule has 0 atom stereocenters. The maximum atomic E-state index is 16.7. The normalized spacial score (nSPS) is 14.6. The van der Waals surface area contributed by atoms with Gasteiger partial charge in [0.1, 0.15) is 0 Å². The molecule has 0 saturated carbocycles. The van der Waals surface area contributed by atoms with Gasteiger partial charge in [-0.05, 0) is 176 Å². The second-order valence-electron chi connectivity index (χ2n) is 34.0. The molecule has 12 heteroatoms. The number of carbonyl (C=O) groups excluding carboxylic acids is 8. The highest BCUT2D eigenvalue weighted by Crippen LogP contribution is 2.55. The second kappa shape index (κ2) is 35.8. The van der Waals surface area contributed by atoms with Crippen molar-refractivity contribution in [3.05, 3.63) is 129 Å². The van der Waals surface area contributed by atoms with Crippen molar-refractivity contribution in [3.8, 4) is 11.1 Å². The molecule has 0 saturated heterocycles. The lowest BCUT2D eigenvalue weighted by atomic mass is 9.76. The first-order valence-electron chi connectivity index (χ1n) is 44.7. The van der Waals surface area contributed by atoms with Crippen molar-refractivity contribution in [2.24, 2.45) is 0 Å². The molecule has 0 aliphatic carbocycles. The molecule has 10 aromatic rings. The van der Waals surface area contributed by atoms with Crippen LogP contribution in [-0.4, -0.2) is 91.0 Å². The van der Waals surface area contributed by atoms with Gasteiger partial charge in [0.05, 0.1) is 0 Å². The molecule has 4 aliphatic rings. The first-order valence-corrected chi connectivity index (χ1v) is 44.7. The summed E-state index contributed by atoms with van der Waals surface area (Å²) in [6.45, 7) is 17.6. The van der Waals surface area contributed by atoms with Crippen molar-refractivity contribution in [3.63, 3.8) is 0 Å². The van der Waals surface area contributed by atoms with Gasteiger partial charge < -0.3 is 0 Å². The summed E-state index contributed by atoms with van der Waals surface area (Å²) in [5, 5.41) is 11.0. The summed E-state index contributed by atoms with van der Waals surface area (Å²) in [5.41, 5.74) is 4.66. The van der Waals surface area contributed by atoms with Gasteiger partial charge in [0.2, 0.25) is 0 Å². The zero-order chi connectivity index (χ0) is 78.4. The molecule has 14 rings (SSSR count). The number of benzene rings is 10. The van der Waals surface area contributed by atoms with Gasteiger partial charge in [0.15, 0.2) is 0 Å². The lowest BCUT2D eigenvalue weighted by molar-refractivity contribution is 0.0501. The fourth-order valence-electron chi connectivity index (χ4n) is 20.6. The van der Waals surface area contributed by atoms with E-state index in [0.717, 1.165) is 274 Å². The van der Waals surface area contributed by atoms with E-state index in [1.807, 2.05) is 84.9 Å². The number of unbranched alkanes of at least 4 members (excludes halogenated alkanes) is 24. The van der Waals surface area contributed by atoms with E-state index in [1.54, 1.807) is 19.6 Å². The third-order valence-electron chi connectivity index (χ3n) is 26.5. The maximum Gasteiger partial charge on any atom is 0.261 e. The molecule has 8 amide bonds. The van der Waals surface area contributed by atoms with Crippen LogP contribution < -0.4 is 0 Å². The van der Waals surface area contributed by atoms with Gasteiger partial charge in [0.25, 0.3) is 47.3 Å². The van der Waals surface area contributed by atoms with E-state index in [1.165, 1.54) is 0 Å². The summed E-state index contributed by atoms with van der Waals surface area (Å²) in [6.07, 6.45) is 37.8. The van der Waals surface area contributed by atoms with Gasteiger partial charge in [-0.15, -0.1) is 0 Å². The SMILES string of the molecule is CCCCCCC(CCCCCC)N1C(=O)c2ccc3c4ccc5c6c(cc(-c7cc8c9c(ccc%10c%11ccc%12c%13c(ccc(c7c9%10)c%13%11)C(=O)N(C(CCCCCC)CCCCCC)C%12=O)C(=O)N(C(CCCCCC)CCCCCC)C8=O)c(c7ccc(c2c37)C1=O)c64)C(=O)N(C(CCCCCC)CCCCCC)C5=O. The Hall–Kier alpha value is -8.64. The molecule has 0 spiro atoms. The van der Waals surface area contributed by atoms with Crippen LogP contribution in [0.3, 0.4) is 0 Å². The molecule has 12 nitrogen and oxygen atoms in total. The Morgan fingerprint density at radius 1 is 0.179 bits per heavy atom. The maximum absolute atomic E-state index is 16.7. The number of hydrogen-bond donors (Lipinski definition) is 0. The summed E-state index contributed by atoms with van der Waals surface area (Å²) >= 11 is 0. The Balaban J connectivity index is 1.08. The largest absolute Gasteiger partial charge is 0.271 e. The molecule has 4 aliphatic heterocycles. The standard InChI is InChI=1S/C100H122N4O8/c1-9-17-25-33-41-63(42-34-26-18-10-2)101-93(105)73-55-49-67-69-51-57-77-89-81(99(111)103(97(77)109)65(45-37-29-21-13-5)46-38-30-22-14-6)61-79(85(91(69)89)71-53-59-75(95(101)107)87(73)83(67)71)80-62-82-90-78(98(110)104(100(82)112)66(47-39-31-23-15-7)48-40-32-24-16-8)58-52-70-68-50-56-74-88-76(60-54-72(84(68)88)86(80)92(70)90)96(108)102(94(74)106)64(43-35-27-19-11-3)44-36-28-20-12-4/h49-66H,9-48H2,1-8H3. The molecule has 0 aromatic heterocycles. The summed E-state index contributed by atoms with van der Waals surface area (Å²) in [6, 6.07) is 26.3. The Morgan fingerprint density at radius 3 is 0.562 bits per heavy atom. The number of hydrogen-bond acceptors (Lipinski definition) is 8. The molecular weight excluding hydrogens is 1390 g/mol. The van der Waals surface area contributed by atoms with Crippen LogP contribution in [0.15, 0.2) is 84.9 Å². The van der Waals surface area contributed by atoms with Gasteiger partial charge in [-0.1, -0.05) is 297 Å². The first-order chi connectivity index (χ1) is 54.7. The lowest BCUT2D eigenvalue weighted by Gasteiger charge is -2.37. The summed E-state index contributed by atoms with van der Waals surface area (Å²) < 4.78 is 0. The molecule has 10 aromatic carbocycles. The first kappa shape index (κ1) is 80.0. The van der Waals surface area contributed by atoms with Crippen molar-refractivity contribution in [1.29, 1.82) is 0 Å². The number of fused-ring (bicyclic) bond motifs is 4. The van der Waals surface area contributed by atoms with Crippen molar-refractivity contribution < 1.29 is 38.4 Å². The van der Waals surface area contributed by atoms with Crippen LogP contribution in [0.5, 0.6) is 0 Å². The smallest absolute Gasteiger partial charge is 0.261 e. The Kier molecular flexibility index (Phi) is 25.6. The highest BCUT2D eigenvalue weighted by molar-refractivity contribution is 6.47. The third-order valence-corrected chi connectivity index (χ3v) is 26.5. The fourth-order valence-corrected chi connectivity index (χ4v) is 20.6. The Bertz CT molecular complexity index is 4800. The number of amides is 8. The summed E-state index contributed by atoms with van der Waals surface area (Å²) in [4.78, 5) is 135. The quantitative estimate of drug-likeness (QED) is 0.0158. The Labute approximate surface area is 664 Å². The Morgan fingerprint density at radius 2 is 0.357 bits per heavy atom. The van der Waals surface area contributed by atoms with Crippen LogP contribution >= 0.6 is 0 Å². The van der Waals surface area contributed by atoms with Gasteiger partial charge in [-0.2, -0.15) is 0 Å². The van der Waals surface area contributed by atoms with E-state index in [9.17, 15) is 0 Å². The molecule has 4 heterocycles. The van der Waals surface area contributed by atoms with E-state index in [4.69, 9.17) is 0 Å². The van der Waals surface area contributed by atoms with Crippen molar-refractivity contribution >= 4 is 133 Å². The molecular formula is C100H122N4O8. The van der Waals surface area contributed by atoms with Crippen LogP contribution in [0, 0.1) is 0 Å². The average Bonchev–Trinajstić information content (AvgIpc) is 0.674. The van der Waals surface area contributed by atoms with Gasteiger partial charge in [0, 0.05) is 90.2 Å². The third kappa shape index (κ3) is 14.5. The molecule has 112 heavy (non-hydrogen) atoms. The molecule has 0 radical (unpaired) electrons. The summed E-state index contributed by atoms with van der Waals surface area (Å²) in [7, 11) is 0. The van der Waals surface area contributed by atoms with E-state index < -0.39 is 0 Å². The van der Waals surface area contributed by atoms with E-state index in [0.29, 0.717) is 124 Å². The fraction of sp³-hybridized carbons (Fsp3) is 0.520. The minimum Gasteiger partial charge on any atom is -0.271 e. The minimum atomic E-state index is -0.371. The van der Waals surface area contributed by atoms with Crippen LogP contribution in [0.1, 0.15) is 395 Å². The van der Waals surface area contributed by atoms with E-state index in [2.05, 4.69) is 55.4 Å². The molecule has 0 N–H and O–H groups in total. The van der Waals surface area contributed by atoms with Gasteiger partial charge in [-0.25, -0.2) is 0 Å². The minimum absolute atomic E-state index is 0.277. The average molecular weight is 1510 g/mol. The van der Waals surface area contributed by atoms with Gasteiger partial charge in [-0.3, -0.25) is 58.0 Å². The number of rotatable bonds is 45. The van der Waals surface area contributed by atoms with Crippen LogP contribution in [0.25, 0.3) is 97.3 Å². The van der Waals surface area contributed by atoms with Crippen molar-refractivity contribution in [2.75, 3.05) is 0 Å². The number of imide groups is 4. The topological polar surface area (TPSA) is 150 Å². The zero-order valence-electron chi connectivity index (χ0n) is 68.7. The van der Waals surface area contributed by atoms with Crippen LogP contribution in [0.2, 0.25) is 0 Å². The lowest BCUT2D eigenvalue weighted by Crippen LogP contribution is -2.47. The predicted octanol–water partition coefficient (Wildman–Crippen LogP) is 27.1. The van der Waals surface area contributed by atoms with Crippen molar-refractivity contribution in [1.82, 2.24) is 19.6 Å². The number of nitrogens with zero attached hydrogens (tertiary/aromatic N) is 4. The molecule has 0 bridgehead atoms. The zero-order valence-corrected chi connectivity index (χ0v) is 68.7. The summed E-state index contributed by atoms with van der Waals surface area (Å²) in [5.74, 6) is -2.58. The van der Waals surface area contributed by atoms with Crippen LogP contribution in [-0.2, 0) is 0 Å². The van der Waals surface area contributed by atoms with Gasteiger partial charge >= 0.3 is 0 Å². The number of carbonyl (C=O) groups is 8. The highest BCUT2D eigenvalue weighted by atomic mass is 16.2. The monoisotopic (exact) mass is 1510 g/mol. The second-order valence-corrected chi connectivity index (χ2v) is 34.0.